The van der Waals surface area contributed by atoms with Crippen LogP contribution >= 0.6 is 23.1 Å². The number of rotatable bonds is 2. The van der Waals surface area contributed by atoms with Crippen molar-refractivity contribution in [3.63, 3.8) is 0 Å². The number of hydrogen-bond donors (Lipinski definition) is 1. The second-order valence-corrected chi connectivity index (χ2v) is 5.48. The van der Waals surface area contributed by atoms with Gasteiger partial charge in [0.05, 0.1) is 0 Å². The van der Waals surface area contributed by atoms with Gasteiger partial charge in [-0.1, -0.05) is 23.1 Å². The Hall–Kier alpha value is -0.290. The molecule has 0 radical (unpaired) electrons. The van der Waals surface area contributed by atoms with E-state index < -0.39 is 0 Å². The van der Waals surface area contributed by atoms with Gasteiger partial charge in [0, 0.05) is 5.54 Å². The second kappa shape index (κ2) is 3.62. The summed E-state index contributed by atoms with van der Waals surface area (Å²) in [6.07, 6.45) is 2.00. The zero-order valence-electron chi connectivity index (χ0n) is 7.71. The van der Waals surface area contributed by atoms with Crippen LogP contribution in [0.15, 0.2) is 4.34 Å². The van der Waals surface area contributed by atoms with Crippen LogP contribution in [0.2, 0.25) is 0 Å². The highest BCUT2D eigenvalue weighted by atomic mass is 32.2. The molecule has 5 heteroatoms. The smallest absolute Gasteiger partial charge is 0.206 e. The van der Waals surface area contributed by atoms with Crippen molar-refractivity contribution >= 4 is 28.2 Å². The lowest BCUT2D eigenvalue weighted by Crippen LogP contribution is -2.25. The van der Waals surface area contributed by atoms with Gasteiger partial charge in [-0.05, 0) is 27.0 Å². The molecule has 0 aliphatic heterocycles. The molecule has 1 rings (SSSR count). The molecule has 0 bridgehead atoms. The van der Waals surface area contributed by atoms with E-state index in [0.717, 1.165) is 9.47 Å². The van der Waals surface area contributed by atoms with Crippen molar-refractivity contribution in [3.05, 3.63) is 0 Å². The van der Waals surface area contributed by atoms with Gasteiger partial charge in [0.15, 0.2) is 4.34 Å². The van der Waals surface area contributed by atoms with Crippen LogP contribution < -0.4 is 5.32 Å². The van der Waals surface area contributed by atoms with Crippen LogP contribution in [0.4, 0.5) is 5.13 Å². The summed E-state index contributed by atoms with van der Waals surface area (Å²) in [5.41, 5.74) is 0.0647. The molecule has 0 unspecified atom stereocenters. The minimum Gasteiger partial charge on any atom is -0.355 e. The van der Waals surface area contributed by atoms with E-state index in [1.165, 1.54) is 0 Å². The molecule has 0 atom stereocenters. The van der Waals surface area contributed by atoms with Crippen LogP contribution in [0.25, 0.3) is 0 Å². The van der Waals surface area contributed by atoms with E-state index in [1.54, 1.807) is 23.1 Å². The number of anilines is 1. The second-order valence-electron chi connectivity index (χ2n) is 3.45. The molecule has 0 fully saturated rings. The first-order valence-corrected chi connectivity index (χ1v) is 5.71. The SMILES string of the molecule is CSc1nnc(NC(C)(C)C)s1. The minimum atomic E-state index is 0.0647. The van der Waals surface area contributed by atoms with E-state index in [0.29, 0.717) is 0 Å². The maximum Gasteiger partial charge on any atom is 0.206 e. The van der Waals surface area contributed by atoms with E-state index in [1.807, 2.05) is 6.26 Å². The Morgan fingerprint density at radius 3 is 2.42 bits per heavy atom. The summed E-state index contributed by atoms with van der Waals surface area (Å²) in [5, 5.41) is 12.2. The Morgan fingerprint density at radius 1 is 1.33 bits per heavy atom. The average molecular weight is 203 g/mol. The lowest BCUT2D eigenvalue weighted by molar-refractivity contribution is 0.631. The molecule has 0 saturated heterocycles. The predicted molar refractivity (Wildman–Crippen MR) is 55.1 cm³/mol. The summed E-state index contributed by atoms with van der Waals surface area (Å²) >= 11 is 3.21. The van der Waals surface area contributed by atoms with Crippen LogP contribution in [0.5, 0.6) is 0 Å². The van der Waals surface area contributed by atoms with Crippen molar-refractivity contribution in [2.75, 3.05) is 11.6 Å². The van der Waals surface area contributed by atoms with E-state index in [-0.39, 0.29) is 5.54 Å². The first-order valence-electron chi connectivity index (χ1n) is 3.67. The van der Waals surface area contributed by atoms with Gasteiger partial charge in [-0.2, -0.15) is 0 Å². The van der Waals surface area contributed by atoms with Crippen molar-refractivity contribution in [3.8, 4) is 0 Å². The summed E-state index contributed by atoms with van der Waals surface area (Å²) in [5.74, 6) is 0. The quantitative estimate of drug-likeness (QED) is 0.749. The molecule has 0 aromatic carbocycles. The van der Waals surface area contributed by atoms with E-state index in [2.05, 4.69) is 36.3 Å². The van der Waals surface area contributed by atoms with Crippen LogP contribution in [0.3, 0.4) is 0 Å². The van der Waals surface area contributed by atoms with Gasteiger partial charge in [-0.25, -0.2) is 0 Å². The fraction of sp³-hybridized carbons (Fsp3) is 0.714. The Bertz CT molecular complexity index is 251. The molecule has 1 heterocycles. The fourth-order valence-corrected chi connectivity index (χ4v) is 2.04. The maximum absolute atomic E-state index is 4.01. The summed E-state index contributed by atoms with van der Waals surface area (Å²) in [6.45, 7) is 6.31. The first kappa shape index (κ1) is 9.80. The average Bonchev–Trinajstić information content (AvgIpc) is 2.32. The lowest BCUT2D eigenvalue weighted by Gasteiger charge is -2.18. The van der Waals surface area contributed by atoms with Gasteiger partial charge in [-0.15, -0.1) is 10.2 Å². The van der Waals surface area contributed by atoms with Gasteiger partial charge in [0.1, 0.15) is 0 Å². The van der Waals surface area contributed by atoms with Gasteiger partial charge >= 0.3 is 0 Å². The van der Waals surface area contributed by atoms with Crippen LogP contribution in [-0.4, -0.2) is 22.0 Å². The molecular weight excluding hydrogens is 190 g/mol. The van der Waals surface area contributed by atoms with Crippen molar-refractivity contribution in [2.24, 2.45) is 0 Å². The first-order chi connectivity index (χ1) is 5.51. The highest BCUT2D eigenvalue weighted by molar-refractivity contribution is 8.00. The predicted octanol–water partition coefficient (Wildman–Crippen LogP) is 2.47. The van der Waals surface area contributed by atoms with Gasteiger partial charge < -0.3 is 5.32 Å². The topological polar surface area (TPSA) is 37.8 Å². The third-order valence-electron chi connectivity index (χ3n) is 1.06. The normalized spacial score (nSPS) is 11.7. The van der Waals surface area contributed by atoms with Gasteiger partial charge in [0.25, 0.3) is 0 Å². The number of hydrogen-bond acceptors (Lipinski definition) is 5. The van der Waals surface area contributed by atoms with Gasteiger partial charge in [0.2, 0.25) is 5.13 Å². The number of thioether (sulfide) groups is 1. The maximum atomic E-state index is 4.01. The molecule has 3 nitrogen and oxygen atoms in total. The Morgan fingerprint density at radius 2 is 2.00 bits per heavy atom. The molecule has 1 aromatic heterocycles. The standard InChI is InChI=1S/C7H13N3S2/c1-7(2,3)8-5-9-10-6(11-4)12-5/h1-4H3,(H,8,9). The van der Waals surface area contributed by atoms with Crippen LogP contribution in [0.1, 0.15) is 20.8 Å². The van der Waals surface area contributed by atoms with E-state index in [9.17, 15) is 0 Å². The van der Waals surface area contributed by atoms with E-state index in [4.69, 9.17) is 0 Å². The molecule has 12 heavy (non-hydrogen) atoms. The molecule has 0 saturated carbocycles. The number of nitrogens with zero attached hydrogens (tertiary/aromatic N) is 2. The Balaban J connectivity index is 2.64. The van der Waals surface area contributed by atoms with Crippen molar-refractivity contribution in [2.45, 2.75) is 30.6 Å². The zero-order valence-corrected chi connectivity index (χ0v) is 9.34. The van der Waals surface area contributed by atoms with Gasteiger partial charge in [-0.3, -0.25) is 0 Å². The third kappa shape index (κ3) is 2.98. The number of nitrogens with one attached hydrogen (secondary N) is 1. The summed E-state index contributed by atoms with van der Waals surface area (Å²) in [7, 11) is 0. The molecule has 0 aliphatic carbocycles. The fourth-order valence-electron chi connectivity index (χ4n) is 0.664. The van der Waals surface area contributed by atoms with Crippen molar-refractivity contribution in [1.82, 2.24) is 10.2 Å². The van der Waals surface area contributed by atoms with Crippen LogP contribution in [0, 0.1) is 0 Å². The highest BCUT2D eigenvalue weighted by Gasteiger charge is 2.12. The van der Waals surface area contributed by atoms with Crippen LogP contribution in [-0.2, 0) is 0 Å². The Kier molecular flexibility index (Phi) is 2.95. The molecule has 0 aliphatic rings. The molecule has 1 N–H and O–H groups in total. The molecule has 0 spiro atoms. The Labute approximate surface area is 81.0 Å². The number of aromatic nitrogens is 2. The van der Waals surface area contributed by atoms with Crippen molar-refractivity contribution in [1.29, 1.82) is 0 Å². The molecule has 68 valence electrons. The highest BCUT2D eigenvalue weighted by Crippen LogP contribution is 2.25. The summed E-state index contributed by atoms with van der Waals surface area (Å²) in [4.78, 5) is 0. The molecule has 0 amide bonds. The lowest BCUT2D eigenvalue weighted by atomic mass is 10.1. The van der Waals surface area contributed by atoms with Crippen molar-refractivity contribution < 1.29 is 0 Å². The van der Waals surface area contributed by atoms with E-state index >= 15 is 0 Å². The molecule has 1 aromatic rings. The summed E-state index contributed by atoms with van der Waals surface area (Å²) in [6, 6.07) is 0. The molecular formula is C7H13N3S2. The minimum absolute atomic E-state index is 0.0647. The third-order valence-corrected chi connectivity index (χ3v) is 2.88. The zero-order chi connectivity index (χ0) is 9.19. The monoisotopic (exact) mass is 203 g/mol. The summed E-state index contributed by atoms with van der Waals surface area (Å²) < 4.78 is 1.00. The largest absolute Gasteiger partial charge is 0.355 e.